The van der Waals surface area contributed by atoms with Gasteiger partial charge in [0, 0.05) is 126 Å². The highest BCUT2D eigenvalue weighted by molar-refractivity contribution is 7.99. The van der Waals surface area contributed by atoms with Gasteiger partial charge in [0.05, 0.1) is 12.3 Å². The van der Waals surface area contributed by atoms with E-state index in [2.05, 4.69) is 85.7 Å². The number of aliphatic hydroxyl groups excluding tert-OH is 1. The van der Waals surface area contributed by atoms with Gasteiger partial charge in [-0.3, -0.25) is 4.79 Å². The van der Waals surface area contributed by atoms with Crippen LogP contribution in [-0.4, -0.2) is 178 Å². The molecule has 9 rings (SSSR count). The number of alkyl halides is 2. The molecule has 2 aromatic heterocycles. The highest BCUT2D eigenvalue weighted by atomic mass is 35.5. The van der Waals surface area contributed by atoms with Gasteiger partial charge in [0.15, 0.2) is 5.65 Å². The quantitative estimate of drug-likeness (QED) is 0.0536. The number of hydrogen-bond acceptors (Lipinski definition) is 14. The lowest BCUT2D eigenvalue weighted by Crippen LogP contribution is -2.45. The van der Waals surface area contributed by atoms with Crippen molar-refractivity contribution < 1.29 is 29.0 Å². The molecule has 0 bridgehead atoms. The van der Waals surface area contributed by atoms with E-state index < -0.39 is 16.7 Å². The minimum absolute atomic E-state index is 0.0559. The van der Waals surface area contributed by atoms with Crippen LogP contribution in [0, 0.1) is 13.1 Å². The molecule has 17 nitrogen and oxygen atoms in total. The van der Waals surface area contributed by atoms with Gasteiger partial charge in [-0.05, 0) is 197 Å². The van der Waals surface area contributed by atoms with Crippen LogP contribution in [0.5, 0.6) is 0 Å². The van der Waals surface area contributed by atoms with Crippen molar-refractivity contribution in [3.05, 3.63) is 160 Å². The van der Waals surface area contributed by atoms with E-state index in [4.69, 9.17) is 50.8 Å². The third-order valence-corrected chi connectivity index (χ3v) is 18.8. The number of nitrogens with one attached hydrogen (secondary N) is 1. The molecular formula is C69H91Cl2N11O6S3. The molecule has 2 N–H and O–H groups in total. The zero-order valence-corrected chi connectivity index (χ0v) is 58.7. The lowest BCUT2D eigenvalue weighted by Gasteiger charge is -2.42. The molecule has 0 spiro atoms. The minimum Gasteiger partial charge on any atom is -0.444 e. The third-order valence-electron chi connectivity index (χ3n) is 16.2. The SMILES string of the molecule is CC(C)(C)OC(=O)N(CCCl)CCCl.CSc1ccc(C2(CO)CCN(c3cccn4nc(Nc5ccc(C(=O)N(C)C6CCN(C)CC6)cc5)nc34)CC2)cc1.[C-]#[N+]C1(c2ccc(SC)cc2)CCN(C(=O)OC(C)(C)C)CC1.[C-]#[N+]Cc1ccc(SC)cc1. The number of aromatic nitrogens is 3. The van der Waals surface area contributed by atoms with Gasteiger partial charge in [0.25, 0.3) is 11.4 Å². The summed E-state index contributed by atoms with van der Waals surface area (Å²) in [5.41, 5.74) is 4.97. The van der Waals surface area contributed by atoms with Crippen LogP contribution in [0.25, 0.3) is 15.3 Å². The molecule has 0 saturated carbocycles. The lowest BCUT2D eigenvalue weighted by molar-refractivity contribution is 0.0180. The Morgan fingerprint density at radius 2 is 1.25 bits per heavy atom. The third kappa shape index (κ3) is 21.6. The van der Waals surface area contributed by atoms with E-state index in [0.717, 1.165) is 80.0 Å². The molecule has 4 aromatic carbocycles. The number of halogens is 2. The zero-order chi connectivity index (χ0) is 66.4. The van der Waals surface area contributed by atoms with Crippen molar-refractivity contribution in [3.63, 3.8) is 0 Å². The van der Waals surface area contributed by atoms with Gasteiger partial charge >= 0.3 is 12.2 Å². The van der Waals surface area contributed by atoms with Crippen LogP contribution < -0.4 is 10.2 Å². The topological polar surface area (TPSA) is 157 Å². The summed E-state index contributed by atoms with van der Waals surface area (Å²) in [5, 5.41) is 18.4. The molecule has 0 unspecified atom stereocenters. The summed E-state index contributed by atoms with van der Waals surface area (Å²) in [4.78, 5) is 62.3. The van der Waals surface area contributed by atoms with Crippen molar-refractivity contribution in [2.45, 2.75) is 129 Å². The molecule has 0 aliphatic carbocycles. The Balaban J connectivity index is 0.000000228. The van der Waals surface area contributed by atoms with E-state index in [1.165, 1.54) is 25.1 Å². The van der Waals surface area contributed by atoms with Gasteiger partial charge in [-0.15, -0.1) is 63.6 Å². The van der Waals surface area contributed by atoms with Gasteiger partial charge in [0.1, 0.15) is 11.2 Å². The summed E-state index contributed by atoms with van der Waals surface area (Å²) in [6, 6.07) is 36.9. The number of nitrogens with zero attached hydrogens (tertiary/aromatic N) is 10. The monoisotopic (exact) mass is 1340 g/mol. The summed E-state index contributed by atoms with van der Waals surface area (Å²) < 4.78 is 12.4. The highest BCUT2D eigenvalue weighted by Crippen LogP contribution is 2.40. The maximum absolute atomic E-state index is 13.1. The lowest BCUT2D eigenvalue weighted by atomic mass is 9.73. The summed E-state index contributed by atoms with van der Waals surface area (Å²) in [6.45, 7) is 31.8. The number of thioether (sulfide) groups is 3. The number of carbonyl (C=O) groups is 3. The molecule has 22 heteroatoms. The van der Waals surface area contributed by atoms with Crippen LogP contribution in [0.3, 0.4) is 0 Å². The minimum atomic E-state index is -0.518. The highest BCUT2D eigenvalue weighted by Gasteiger charge is 2.44. The molecule has 3 amide bonds. The number of hydrogen-bond donors (Lipinski definition) is 2. The maximum atomic E-state index is 13.1. The van der Waals surface area contributed by atoms with Crippen molar-refractivity contribution in [3.8, 4) is 0 Å². The van der Waals surface area contributed by atoms with Crippen molar-refractivity contribution >= 4 is 99.6 Å². The Labute approximate surface area is 562 Å². The number of benzene rings is 4. The molecule has 0 radical (unpaired) electrons. The van der Waals surface area contributed by atoms with Crippen molar-refractivity contribution in [1.29, 1.82) is 0 Å². The maximum Gasteiger partial charge on any atom is 0.410 e. The number of anilines is 3. The summed E-state index contributed by atoms with van der Waals surface area (Å²) >= 11 is 16.3. The molecule has 3 aliphatic rings. The van der Waals surface area contributed by atoms with Gasteiger partial charge in [0.2, 0.25) is 12.5 Å². The van der Waals surface area contributed by atoms with Gasteiger partial charge in [-0.2, -0.15) is 4.98 Å². The second-order valence-corrected chi connectivity index (χ2v) is 28.1. The van der Waals surface area contributed by atoms with E-state index in [1.54, 1.807) is 44.7 Å². The number of rotatable bonds is 16. The molecule has 3 fully saturated rings. The largest absolute Gasteiger partial charge is 0.444 e. The molecule has 3 aliphatic heterocycles. The fourth-order valence-electron chi connectivity index (χ4n) is 10.8. The second kappa shape index (κ2) is 35.1. The predicted molar refractivity (Wildman–Crippen MR) is 375 cm³/mol. The van der Waals surface area contributed by atoms with E-state index >= 15 is 0 Å². The molecular weight excluding hydrogens is 1250 g/mol. The first kappa shape index (κ1) is 73.7. The van der Waals surface area contributed by atoms with Gasteiger partial charge in [-0.1, -0.05) is 24.3 Å². The molecule has 91 heavy (non-hydrogen) atoms. The predicted octanol–water partition coefficient (Wildman–Crippen LogP) is 15.0. The molecule has 3 saturated heterocycles. The normalized spacial score (nSPS) is 15.6. The molecule has 6 aromatic rings. The van der Waals surface area contributed by atoms with Crippen LogP contribution in [0.2, 0.25) is 0 Å². The van der Waals surface area contributed by atoms with E-state index in [1.807, 2.05) is 139 Å². The van der Waals surface area contributed by atoms with Gasteiger partial charge in [-0.25, -0.2) is 27.2 Å². The van der Waals surface area contributed by atoms with Crippen LogP contribution >= 0.6 is 58.5 Å². The average molecular weight is 1340 g/mol. The summed E-state index contributed by atoms with van der Waals surface area (Å²) in [5.74, 6) is 1.33. The number of likely N-dealkylation sites (tertiary alicyclic amines) is 2. The molecule has 0 atom stereocenters. The number of carbonyl (C=O) groups excluding carboxylic acids is 3. The fourth-order valence-corrected chi connectivity index (χ4v) is 12.5. The first-order valence-electron chi connectivity index (χ1n) is 30.7. The number of pyridine rings is 1. The zero-order valence-electron chi connectivity index (χ0n) is 54.7. The second-order valence-electron chi connectivity index (χ2n) is 24.8. The Morgan fingerprint density at radius 1 is 0.725 bits per heavy atom. The van der Waals surface area contributed by atoms with Crippen LogP contribution in [0.15, 0.2) is 130 Å². The Kier molecular flexibility index (Phi) is 28.4. The average Bonchev–Trinajstić information content (AvgIpc) is 3.30. The number of aliphatic hydroxyl groups is 1. The Morgan fingerprint density at radius 3 is 1.74 bits per heavy atom. The first-order chi connectivity index (χ1) is 43.4. The Hall–Kier alpha value is -6.36. The fraction of sp³-hybridized carbons (Fsp3) is 0.493. The molecule has 490 valence electrons. The summed E-state index contributed by atoms with van der Waals surface area (Å²) in [6.07, 6.45) is 12.5. The van der Waals surface area contributed by atoms with Gasteiger partial charge < -0.3 is 54.1 Å². The van der Waals surface area contributed by atoms with Crippen molar-refractivity contribution in [1.82, 2.24) is 34.2 Å². The number of amides is 3. The van der Waals surface area contributed by atoms with E-state index in [-0.39, 0.29) is 36.2 Å². The number of fused-ring (bicyclic) bond motifs is 1. The van der Waals surface area contributed by atoms with E-state index in [0.29, 0.717) is 68.8 Å². The van der Waals surface area contributed by atoms with Crippen molar-refractivity contribution in [2.75, 3.05) is 114 Å². The van der Waals surface area contributed by atoms with Crippen LogP contribution in [0.4, 0.5) is 26.9 Å². The van der Waals surface area contributed by atoms with Crippen molar-refractivity contribution in [2.24, 2.45) is 0 Å². The first-order valence-corrected chi connectivity index (χ1v) is 35.5. The summed E-state index contributed by atoms with van der Waals surface area (Å²) in [7, 11) is 4.04. The smallest absolute Gasteiger partial charge is 0.410 e. The number of ether oxygens (including phenoxy) is 2. The van der Waals surface area contributed by atoms with E-state index in [9.17, 15) is 19.5 Å². The standard InChI is InChI=1S/C33H41N7O2S.C18H24N2O2S.C9H17Cl2NO2.C9H9NS/c1-37-19-14-27(15-20-37)38(2)31(42)24-6-10-26(11-7-24)34-32-35-30-29(5-4-18-40(30)36-32)39-21-16-33(23-41,17-22-39)25-8-12-28(43-3)13-9-25;1-17(2,3)22-16(21)20-12-10-18(19-4,11-13-20)14-6-8-15(23-5)9-7-14;1-9(2,3)14-8(13)12(6-4-10)7-5-11;1-10-7-8-3-5-9(11-2)6-4-8/h4-13,18,27,41H,14-17,19-23H2,1-3H3,(H,34,36);6-9H,10-13H2,1-3,5H3;4-7H2,1-3H3;3-6H,7H2,2H3. The molecule has 5 heterocycles. The number of piperidine rings is 3. The Bertz CT molecular complexity index is 3320. The van der Waals surface area contributed by atoms with Crippen LogP contribution in [0.1, 0.15) is 107 Å². The van der Waals surface area contributed by atoms with Crippen LogP contribution in [-0.2, 0) is 27.0 Å².